The van der Waals surface area contributed by atoms with Gasteiger partial charge in [-0.3, -0.25) is 14.8 Å². The van der Waals surface area contributed by atoms with Crippen molar-refractivity contribution in [3.8, 4) is 0 Å². The van der Waals surface area contributed by atoms with Crippen LogP contribution in [0.5, 0.6) is 0 Å². The number of fused-ring (bicyclic) bond motifs is 1. The van der Waals surface area contributed by atoms with E-state index in [4.69, 9.17) is 7.05 Å². The lowest BCUT2D eigenvalue weighted by molar-refractivity contribution is 1.02. The molecule has 0 saturated heterocycles. The van der Waals surface area contributed by atoms with Gasteiger partial charge in [0.05, 0.1) is 13.4 Å². The maximum absolute atomic E-state index is 11.0. The molecule has 0 atom stereocenters. The second kappa shape index (κ2) is 2.07. The molecule has 2 N–H and O–H groups in total. The van der Waals surface area contributed by atoms with Gasteiger partial charge in [0.1, 0.15) is 5.65 Å². The number of H-pyrrole nitrogens is 2. The molecule has 6 nitrogen and oxygen atoms in total. The lowest BCUT2D eigenvalue weighted by atomic mass is 10.5. The van der Waals surface area contributed by atoms with Crippen LogP contribution in [0.25, 0.3) is 11.2 Å². The summed E-state index contributed by atoms with van der Waals surface area (Å²) in [5, 5.41) is 0. The van der Waals surface area contributed by atoms with Crippen molar-refractivity contribution in [1.82, 2.24) is 19.5 Å². The van der Waals surface area contributed by atoms with E-state index in [1.54, 1.807) is 0 Å². The van der Waals surface area contributed by atoms with Crippen molar-refractivity contribution in [3.05, 3.63) is 34.2 Å². The van der Waals surface area contributed by atoms with E-state index in [1.807, 2.05) is 4.98 Å². The molecule has 2 radical (unpaired) electrons. The Labute approximate surface area is 65.9 Å². The van der Waals surface area contributed by atoms with E-state index in [0.29, 0.717) is 0 Å². The molecule has 0 amide bonds. The van der Waals surface area contributed by atoms with Crippen LogP contribution in [0, 0.1) is 7.05 Å². The number of hydrogen-bond acceptors (Lipinski definition) is 3. The third kappa shape index (κ3) is 0.777. The van der Waals surface area contributed by atoms with E-state index in [1.165, 1.54) is 6.33 Å². The van der Waals surface area contributed by atoms with Crippen LogP contribution in [0.4, 0.5) is 0 Å². The molecule has 2 aromatic rings. The molecular weight excluding hydrogens is 160 g/mol. The number of hydrogen-bond donors (Lipinski definition) is 2. The Hall–Kier alpha value is -1.85. The van der Waals surface area contributed by atoms with Crippen molar-refractivity contribution < 1.29 is 0 Å². The topological polar surface area (TPSA) is 83.5 Å². The van der Waals surface area contributed by atoms with Gasteiger partial charge >= 0.3 is 5.69 Å². The highest BCUT2D eigenvalue weighted by molar-refractivity contribution is 5.68. The number of aromatic nitrogens is 4. The second-order valence-electron chi connectivity index (χ2n) is 2.26. The Morgan fingerprint density at radius 1 is 1.42 bits per heavy atom. The summed E-state index contributed by atoms with van der Waals surface area (Å²) in [6.07, 6.45) is 1.25. The number of rotatable bonds is 0. The molecular formula is C6H4N4O2. The molecule has 0 saturated carbocycles. The highest BCUT2D eigenvalue weighted by Crippen LogP contribution is 1.98. The number of nitrogens with zero attached hydrogens (tertiary/aromatic N) is 2. The monoisotopic (exact) mass is 164 g/mol. The average Bonchev–Trinajstić information content (AvgIpc) is 2.33. The summed E-state index contributed by atoms with van der Waals surface area (Å²) in [5.74, 6) is 0. The molecule has 6 heteroatoms. The number of aromatic amines is 2. The van der Waals surface area contributed by atoms with Gasteiger partial charge in [0, 0.05) is 0 Å². The standard InChI is InChI=1S/C6H4N4O2/c1-10-2-7-3-4(10)8-6(12)9-5(3)11/h1-2H,(H2,8,9,11,12). The van der Waals surface area contributed by atoms with Crippen LogP contribution in [0.1, 0.15) is 0 Å². The first-order valence-electron chi connectivity index (χ1n) is 3.13. The maximum atomic E-state index is 11.0. The van der Waals surface area contributed by atoms with Gasteiger partial charge < -0.3 is 4.57 Å². The Morgan fingerprint density at radius 3 is 2.92 bits per heavy atom. The molecule has 2 rings (SSSR count). The first kappa shape index (κ1) is 6.84. The summed E-state index contributed by atoms with van der Waals surface area (Å²) in [6.45, 7) is 0. The fraction of sp³-hybridized carbons (Fsp3) is 0. The van der Waals surface area contributed by atoms with Crippen LogP contribution in [-0.4, -0.2) is 19.5 Å². The van der Waals surface area contributed by atoms with E-state index in [0.717, 1.165) is 4.57 Å². The average molecular weight is 164 g/mol. The molecule has 2 aromatic heterocycles. The summed E-state index contributed by atoms with van der Waals surface area (Å²) in [7, 11) is 5.35. The zero-order valence-electron chi connectivity index (χ0n) is 5.87. The van der Waals surface area contributed by atoms with E-state index in [-0.39, 0.29) is 11.2 Å². The van der Waals surface area contributed by atoms with Crippen LogP contribution in [0.3, 0.4) is 0 Å². The Morgan fingerprint density at radius 2 is 2.17 bits per heavy atom. The van der Waals surface area contributed by atoms with E-state index < -0.39 is 11.2 Å². The summed E-state index contributed by atoms with van der Waals surface area (Å²) >= 11 is 0. The first-order chi connectivity index (χ1) is 5.68. The molecule has 0 fully saturated rings. The van der Waals surface area contributed by atoms with Gasteiger partial charge in [-0.15, -0.1) is 0 Å². The zero-order valence-corrected chi connectivity index (χ0v) is 5.87. The molecule has 0 unspecified atom stereocenters. The van der Waals surface area contributed by atoms with Gasteiger partial charge in [-0.05, 0) is 0 Å². The molecule has 60 valence electrons. The Kier molecular flexibility index (Phi) is 1.18. The number of nitrogens with one attached hydrogen (secondary N) is 2. The summed E-state index contributed by atoms with van der Waals surface area (Å²) < 4.78 is 1.08. The molecule has 0 aromatic carbocycles. The Balaban J connectivity index is 3.13. The SMILES string of the molecule is [CH]n1cnc2c(=O)[nH]c(=O)[nH]c21. The molecule has 0 spiro atoms. The lowest BCUT2D eigenvalue weighted by Crippen LogP contribution is -2.22. The highest BCUT2D eigenvalue weighted by atomic mass is 16.2. The number of imidazole rings is 1. The quantitative estimate of drug-likeness (QED) is 0.520. The minimum absolute atomic E-state index is 0.122. The second-order valence-corrected chi connectivity index (χ2v) is 2.26. The molecule has 0 aliphatic heterocycles. The van der Waals surface area contributed by atoms with Gasteiger partial charge in [0.25, 0.3) is 5.56 Å². The fourth-order valence-corrected chi connectivity index (χ4v) is 0.952. The molecule has 12 heavy (non-hydrogen) atoms. The van der Waals surface area contributed by atoms with Gasteiger partial charge in [-0.1, -0.05) is 0 Å². The zero-order chi connectivity index (χ0) is 8.72. The van der Waals surface area contributed by atoms with Crippen molar-refractivity contribution in [2.75, 3.05) is 0 Å². The van der Waals surface area contributed by atoms with Crippen LogP contribution in [0.2, 0.25) is 0 Å². The van der Waals surface area contributed by atoms with Gasteiger partial charge in [-0.25, -0.2) is 9.78 Å². The normalized spacial score (nSPS) is 10.8. The molecule has 0 aliphatic rings. The van der Waals surface area contributed by atoms with Crippen LogP contribution >= 0.6 is 0 Å². The van der Waals surface area contributed by atoms with Crippen LogP contribution in [-0.2, 0) is 0 Å². The fourth-order valence-electron chi connectivity index (χ4n) is 0.952. The third-order valence-corrected chi connectivity index (χ3v) is 1.47. The van der Waals surface area contributed by atoms with Crippen molar-refractivity contribution in [2.45, 2.75) is 0 Å². The van der Waals surface area contributed by atoms with E-state index in [2.05, 4.69) is 9.97 Å². The van der Waals surface area contributed by atoms with Crippen LogP contribution in [0.15, 0.2) is 15.9 Å². The molecule has 2 heterocycles. The lowest BCUT2D eigenvalue weighted by Gasteiger charge is -1.89. The highest BCUT2D eigenvalue weighted by Gasteiger charge is 2.04. The Bertz CT molecular complexity index is 532. The molecule has 0 aliphatic carbocycles. The predicted molar refractivity (Wildman–Crippen MR) is 40.7 cm³/mol. The predicted octanol–water partition coefficient (Wildman–Crippen LogP) is -1.07. The van der Waals surface area contributed by atoms with Crippen molar-refractivity contribution >= 4 is 11.2 Å². The maximum Gasteiger partial charge on any atom is 0.327 e. The minimum Gasteiger partial charge on any atom is -0.309 e. The third-order valence-electron chi connectivity index (χ3n) is 1.47. The van der Waals surface area contributed by atoms with Crippen molar-refractivity contribution in [2.24, 2.45) is 0 Å². The largest absolute Gasteiger partial charge is 0.327 e. The minimum atomic E-state index is -0.597. The van der Waals surface area contributed by atoms with Crippen molar-refractivity contribution in [1.29, 1.82) is 0 Å². The van der Waals surface area contributed by atoms with Crippen LogP contribution < -0.4 is 11.2 Å². The van der Waals surface area contributed by atoms with E-state index >= 15 is 0 Å². The van der Waals surface area contributed by atoms with E-state index in [9.17, 15) is 9.59 Å². The smallest absolute Gasteiger partial charge is 0.309 e. The van der Waals surface area contributed by atoms with Gasteiger partial charge in [0.15, 0.2) is 5.52 Å². The summed E-state index contributed by atoms with van der Waals surface area (Å²) in [4.78, 5) is 29.8. The van der Waals surface area contributed by atoms with Crippen molar-refractivity contribution in [3.63, 3.8) is 0 Å². The molecule has 0 bridgehead atoms. The first-order valence-corrected chi connectivity index (χ1v) is 3.13. The van der Waals surface area contributed by atoms with Gasteiger partial charge in [0.2, 0.25) is 0 Å². The summed E-state index contributed by atoms with van der Waals surface area (Å²) in [6, 6.07) is 0. The summed E-state index contributed by atoms with van der Waals surface area (Å²) in [5.41, 5.74) is -0.807. The van der Waals surface area contributed by atoms with Gasteiger partial charge in [-0.2, -0.15) is 0 Å².